The number of benzene rings is 2. The van der Waals surface area contributed by atoms with E-state index in [2.05, 4.69) is 10.3 Å². The van der Waals surface area contributed by atoms with Gasteiger partial charge in [0.05, 0.1) is 6.04 Å². The number of halogens is 1. The molecule has 0 aliphatic heterocycles. The van der Waals surface area contributed by atoms with Gasteiger partial charge in [-0.3, -0.25) is 4.79 Å². The van der Waals surface area contributed by atoms with Crippen LogP contribution < -0.4 is 11.1 Å². The quantitative estimate of drug-likeness (QED) is 0.670. The Morgan fingerprint density at radius 2 is 1.92 bits per heavy atom. The van der Waals surface area contributed by atoms with Crippen molar-refractivity contribution in [1.29, 1.82) is 0 Å². The highest BCUT2D eigenvalue weighted by Gasteiger charge is 2.15. The molecule has 0 fully saturated rings. The summed E-state index contributed by atoms with van der Waals surface area (Å²) in [6, 6.07) is 16.1. The van der Waals surface area contributed by atoms with Gasteiger partial charge >= 0.3 is 0 Å². The van der Waals surface area contributed by atoms with E-state index >= 15 is 0 Å². The summed E-state index contributed by atoms with van der Waals surface area (Å²) in [7, 11) is 0. The number of amides is 1. The van der Waals surface area contributed by atoms with Gasteiger partial charge in [-0.15, -0.1) is 11.3 Å². The number of rotatable bonds is 7. The van der Waals surface area contributed by atoms with Crippen LogP contribution in [-0.2, 0) is 12.8 Å². The third kappa shape index (κ3) is 4.97. The van der Waals surface area contributed by atoms with Crippen molar-refractivity contribution >= 4 is 17.2 Å². The Kier molecular flexibility index (Phi) is 6.09. The van der Waals surface area contributed by atoms with Gasteiger partial charge in [0.2, 0.25) is 0 Å². The van der Waals surface area contributed by atoms with Crippen molar-refractivity contribution in [2.75, 3.05) is 6.54 Å². The molecule has 2 aromatic carbocycles. The molecule has 1 heterocycles. The van der Waals surface area contributed by atoms with E-state index in [1.807, 2.05) is 36.4 Å². The van der Waals surface area contributed by atoms with Crippen LogP contribution in [0.25, 0.3) is 0 Å². The zero-order valence-electron chi connectivity index (χ0n) is 14.2. The van der Waals surface area contributed by atoms with Crippen LogP contribution in [0.1, 0.15) is 32.7 Å². The molecular formula is C20H20FN3OS. The zero-order chi connectivity index (χ0) is 18.4. The molecule has 1 unspecified atom stereocenters. The van der Waals surface area contributed by atoms with E-state index in [0.29, 0.717) is 25.1 Å². The van der Waals surface area contributed by atoms with Crippen molar-refractivity contribution in [1.82, 2.24) is 10.3 Å². The van der Waals surface area contributed by atoms with Crippen LogP contribution in [0.3, 0.4) is 0 Å². The molecule has 0 radical (unpaired) electrons. The van der Waals surface area contributed by atoms with Crippen molar-refractivity contribution in [2.24, 2.45) is 5.73 Å². The largest absolute Gasteiger partial charge is 0.350 e. The fraction of sp³-hybridized carbons (Fsp3) is 0.200. The Bertz CT molecular complexity index is 866. The molecule has 0 spiro atoms. The number of carbonyl (C=O) groups excluding carboxylic acids is 1. The second-order valence-electron chi connectivity index (χ2n) is 6.00. The number of nitrogens with one attached hydrogen (secondary N) is 1. The predicted octanol–water partition coefficient (Wildman–Crippen LogP) is 3.50. The molecular weight excluding hydrogens is 349 g/mol. The van der Waals surface area contributed by atoms with Gasteiger partial charge in [0.15, 0.2) is 0 Å². The van der Waals surface area contributed by atoms with Crippen molar-refractivity contribution in [3.63, 3.8) is 0 Å². The molecule has 1 aromatic heterocycles. The Balaban J connectivity index is 1.52. The summed E-state index contributed by atoms with van der Waals surface area (Å²) in [4.78, 5) is 16.6. The smallest absolute Gasteiger partial charge is 0.270 e. The zero-order valence-corrected chi connectivity index (χ0v) is 15.0. The van der Waals surface area contributed by atoms with Crippen LogP contribution in [0.2, 0.25) is 0 Å². The van der Waals surface area contributed by atoms with Crippen molar-refractivity contribution in [3.8, 4) is 0 Å². The summed E-state index contributed by atoms with van der Waals surface area (Å²) in [6.45, 7) is 0.422. The minimum atomic E-state index is -0.273. The van der Waals surface area contributed by atoms with Crippen molar-refractivity contribution in [2.45, 2.75) is 18.9 Å². The SMILES string of the molecule is NC(Cc1ccccc1)c1nc(C(=O)NCCc2cccc(F)c2)cs1. The van der Waals surface area contributed by atoms with Gasteiger partial charge in [0.1, 0.15) is 16.5 Å². The van der Waals surface area contributed by atoms with Gasteiger partial charge < -0.3 is 11.1 Å². The molecule has 0 saturated heterocycles. The lowest BCUT2D eigenvalue weighted by molar-refractivity contribution is 0.0949. The molecule has 0 aliphatic rings. The normalized spacial score (nSPS) is 11.9. The average Bonchev–Trinajstić information content (AvgIpc) is 3.13. The van der Waals surface area contributed by atoms with E-state index in [1.54, 1.807) is 11.4 Å². The number of carbonyl (C=O) groups is 1. The first kappa shape index (κ1) is 18.2. The van der Waals surface area contributed by atoms with E-state index in [0.717, 1.165) is 16.1 Å². The summed E-state index contributed by atoms with van der Waals surface area (Å²) in [5.41, 5.74) is 8.56. The van der Waals surface area contributed by atoms with Crippen LogP contribution in [0.5, 0.6) is 0 Å². The van der Waals surface area contributed by atoms with Gasteiger partial charge in [-0.25, -0.2) is 9.37 Å². The fourth-order valence-electron chi connectivity index (χ4n) is 2.62. The topological polar surface area (TPSA) is 68.0 Å². The van der Waals surface area contributed by atoms with E-state index in [4.69, 9.17) is 5.73 Å². The van der Waals surface area contributed by atoms with E-state index in [1.165, 1.54) is 23.5 Å². The second kappa shape index (κ2) is 8.69. The molecule has 1 amide bonds. The maximum absolute atomic E-state index is 13.1. The summed E-state index contributed by atoms with van der Waals surface area (Å²) in [5, 5.41) is 5.27. The van der Waals surface area contributed by atoms with E-state index in [9.17, 15) is 9.18 Å². The third-order valence-electron chi connectivity index (χ3n) is 3.96. The molecule has 4 nitrogen and oxygen atoms in total. The lowest BCUT2D eigenvalue weighted by Gasteiger charge is -2.08. The highest BCUT2D eigenvalue weighted by Crippen LogP contribution is 2.20. The van der Waals surface area contributed by atoms with Gasteiger partial charge in [0.25, 0.3) is 5.91 Å². The number of aromatic nitrogens is 1. The lowest BCUT2D eigenvalue weighted by atomic mass is 10.1. The number of hydrogen-bond acceptors (Lipinski definition) is 4. The Hall–Kier alpha value is -2.57. The standard InChI is InChI=1S/C20H20FN3OS/c21-16-8-4-7-15(11-16)9-10-23-19(25)18-13-26-20(24-18)17(22)12-14-5-2-1-3-6-14/h1-8,11,13,17H,9-10,12,22H2,(H,23,25). The molecule has 1 atom stereocenters. The van der Waals surface area contributed by atoms with Crippen molar-refractivity contribution < 1.29 is 9.18 Å². The monoisotopic (exact) mass is 369 g/mol. The second-order valence-corrected chi connectivity index (χ2v) is 6.89. The molecule has 3 rings (SSSR count). The summed E-state index contributed by atoms with van der Waals surface area (Å²) < 4.78 is 13.1. The number of thiazole rings is 1. The maximum Gasteiger partial charge on any atom is 0.270 e. The molecule has 0 aliphatic carbocycles. The minimum absolute atomic E-state index is 0.240. The molecule has 26 heavy (non-hydrogen) atoms. The predicted molar refractivity (Wildman–Crippen MR) is 102 cm³/mol. The van der Waals surface area contributed by atoms with Crippen LogP contribution in [0, 0.1) is 5.82 Å². The minimum Gasteiger partial charge on any atom is -0.350 e. The van der Waals surface area contributed by atoms with Gasteiger partial charge in [-0.05, 0) is 36.1 Å². The Morgan fingerprint density at radius 3 is 2.69 bits per heavy atom. The summed E-state index contributed by atoms with van der Waals surface area (Å²) >= 11 is 1.39. The number of hydrogen-bond donors (Lipinski definition) is 2. The molecule has 3 aromatic rings. The number of nitrogens with zero attached hydrogens (tertiary/aromatic N) is 1. The molecule has 6 heteroatoms. The number of nitrogens with two attached hydrogens (primary N) is 1. The lowest BCUT2D eigenvalue weighted by Crippen LogP contribution is -2.26. The first-order valence-corrected chi connectivity index (χ1v) is 9.27. The van der Waals surface area contributed by atoms with Gasteiger partial charge in [-0.2, -0.15) is 0 Å². The highest BCUT2D eigenvalue weighted by atomic mass is 32.1. The first-order valence-electron chi connectivity index (χ1n) is 8.39. The molecule has 134 valence electrons. The third-order valence-corrected chi connectivity index (χ3v) is 4.94. The van der Waals surface area contributed by atoms with E-state index < -0.39 is 0 Å². The van der Waals surface area contributed by atoms with Crippen LogP contribution >= 0.6 is 11.3 Å². The maximum atomic E-state index is 13.1. The summed E-state index contributed by atoms with van der Waals surface area (Å²) in [6.07, 6.45) is 1.24. The van der Waals surface area contributed by atoms with Crippen LogP contribution in [-0.4, -0.2) is 17.4 Å². The molecule has 0 bridgehead atoms. The highest BCUT2D eigenvalue weighted by molar-refractivity contribution is 7.09. The van der Waals surface area contributed by atoms with Crippen LogP contribution in [0.4, 0.5) is 4.39 Å². The van der Waals surface area contributed by atoms with E-state index in [-0.39, 0.29) is 17.8 Å². The molecule has 0 saturated carbocycles. The fourth-order valence-corrected chi connectivity index (χ4v) is 3.42. The van der Waals surface area contributed by atoms with Crippen LogP contribution in [0.15, 0.2) is 60.0 Å². The average molecular weight is 369 g/mol. The Labute approximate surface area is 155 Å². The molecule has 3 N–H and O–H groups in total. The Morgan fingerprint density at radius 1 is 1.15 bits per heavy atom. The van der Waals surface area contributed by atoms with Gasteiger partial charge in [-0.1, -0.05) is 42.5 Å². The first-order chi connectivity index (χ1) is 12.6. The summed E-state index contributed by atoms with van der Waals surface area (Å²) in [5.74, 6) is -0.513. The van der Waals surface area contributed by atoms with Crippen molar-refractivity contribution in [3.05, 3.63) is 87.6 Å². The van der Waals surface area contributed by atoms with Gasteiger partial charge in [0, 0.05) is 11.9 Å².